The predicted molar refractivity (Wildman–Crippen MR) is 81.7 cm³/mol. The van der Waals surface area contributed by atoms with Crippen molar-refractivity contribution in [3.8, 4) is 0 Å². The van der Waals surface area contributed by atoms with Gasteiger partial charge in [-0.3, -0.25) is 0 Å². The Kier molecular flexibility index (Phi) is 4.75. The molecule has 4 nitrogen and oxygen atoms in total. The summed E-state index contributed by atoms with van der Waals surface area (Å²) < 4.78 is 0. The summed E-state index contributed by atoms with van der Waals surface area (Å²) >= 11 is 0. The Morgan fingerprint density at radius 3 is 2.75 bits per heavy atom. The fraction of sp³-hybridized carbons (Fsp3) is 0.938. The first kappa shape index (κ1) is 15.8. The van der Waals surface area contributed by atoms with Crippen molar-refractivity contribution in [3.63, 3.8) is 0 Å². The SMILES string of the molecule is CC(C)NC[C@H](O)CO/N=C1/C[C@@H]2[C@H](C[C@H]1C)C2(C)C. The lowest BCUT2D eigenvalue weighted by Crippen LogP contribution is -2.34. The maximum absolute atomic E-state index is 9.78. The van der Waals surface area contributed by atoms with Crippen LogP contribution >= 0.6 is 0 Å². The van der Waals surface area contributed by atoms with E-state index in [0.717, 1.165) is 18.3 Å². The summed E-state index contributed by atoms with van der Waals surface area (Å²) in [7, 11) is 0. The monoisotopic (exact) mass is 282 g/mol. The molecule has 0 spiro atoms. The summed E-state index contributed by atoms with van der Waals surface area (Å²) in [4.78, 5) is 5.37. The Labute approximate surface area is 123 Å². The second-order valence-corrected chi connectivity index (χ2v) is 7.47. The van der Waals surface area contributed by atoms with Gasteiger partial charge < -0.3 is 15.3 Å². The Morgan fingerprint density at radius 1 is 1.40 bits per heavy atom. The second-order valence-electron chi connectivity index (χ2n) is 7.47. The molecule has 20 heavy (non-hydrogen) atoms. The van der Waals surface area contributed by atoms with Gasteiger partial charge in [0.25, 0.3) is 0 Å². The molecule has 0 bridgehead atoms. The number of nitrogens with zero attached hydrogens (tertiary/aromatic N) is 1. The first-order chi connectivity index (χ1) is 9.32. The zero-order valence-corrected chi connectivity index (χ0v) is 13.5. The van der Waals surface area contributed by atoms with Crippen molar-refractivity contribution in [1.29, 1.82) is 0 Å². The summed E-state index contributed by atoms with van der Waals surface area (Å²) in [6, 6.07) is 0.378. The fourth-order valence-corrected chi connectivity index (χ4v) is 3.44. The smallest absolute Gasteiger partial charge is 0.144 e. The van der Waals surface area contributed by atoms with Crippen LogP contribution in [0.1, 0.15) is 47.5 Å². The third-order valence-electron chi connectivity index (χ3n) is 5.10. The van der Waals surface area contributed by atoms with Crippen LogP contribution in [0.15, 0.2) is 5.16 Å². The number of hydrogen-bond donors (Lipinski definition) is 2. The van der Waals surface area contributed by atoms with Gasteiger partial charge in [0, 0.05) is 12.6 Å². The number of oxime groups is 1. The van der Waals surface area contributed by atoms with Gasteiger partial charge in [-0.1, -0.05) is 39.8 Å². The highest BCUT2D eigenvalue weighted by molar-refractivity contribution is 5.87. The highest BCUT2D eigenvalue weighted by Gasteiger charge is 2.60. The van der Waals surface area contributed by atoms with Crippen LogP contribution in [0.4, 0.5) is 0 Å². The van der Waals surface area contributed by atoms with Gasteiger partial charge in [-0.25, -0.2) is 0 Å². The summed E-state index contributed by atoms with van der Waals surface area (Å²) in [5, 5.41) is 17.3. The van der Waals surface area contributed by atoms with Gasteiger partial charge in [-0.05, 0) is 36.0 Å². The van der Waals surface area contributed by atoms with Crippen molar-refractivity contribution in [2.45, 2.75) is 59.6 Å². The average molecular weight is 282 g/mol. The number of rotatable bonds is 6. The van der Waals surface area contributed by atoms with Crippen molar-refractivity contribution >= 4 is 5.71 Å². The van der Waals surface area contributed by atoms with Gasteiger partial charge in [0.05, 0.1) is 5.71 Å². The summed E-state index contributed by atoms with van der Waals surface area (Å²) in [6.07, 6.45) is 1.81. The largest absolute Gasteiger partial charge is 0.393 e. The maximum atomic E-state index is 9.78. The molecule has 0 radical (unpaired) electrons. The topological polar surface area (TPSA) is 53.8 Å². The van der Waals surface area contributed by atoms with E-state index in [1.54, 1.807) is 0 Å². The van der Waals surface area contributed by atoms with Gasteiger partial charge in [0.1, 0.15) is 12.7 Å². The molecule has 0 aliphatic heterocycles. The van der Waals surface area contributed by atoms with Crippen LogP contribution in [0.3, 0.4) is 0 Å². The van der Waals surface area contributed by atoms with E-state index in [-0.39, 0.29) is 6.61 Å². The lowest BCUT2D eigenvalue weighted by atomic mass is 9.89. The second kappa shape index (κ2) is 6.02. The quantitative estimate of drug-likeness (QED) is 0.736. The third kappa shape index (κ3) is 3.53. The van der Waals surface area contributed by atoms with Crippen LogP contribution in [0.25, 0.3) is 0 Å². The van der Waals surface area contributed by atoms with E-state index in [1.165, 1.54) is 12.1 Å². The Balaban J connectivity index is 1.74. The summed E-state index contributed by atoms with van der Waals surface area (Å²) in [5.41, 5.74) is 1.67. The normalized spacial score (nSPS) is 35.0. The number of fused-ring (bicyclic) bond motifs is 1. The number of hydrogen-bond acceptors (Lipinski definition) is 4. The number of aliphatic hydroxyl groups excluding tert-OH is 1. The van der Waals surface area contributed by atoms with Crippen LogP contribution in [0.5, 0.6) is 0 Å². The molecule has 0 amide bonds. The molecule has 0 aromatic carbocycles. The zero-order chi connectivity index (χ0) is 14.9. The van der Waals surface area contributed by atoms with Crippen LogP contribution in [0.2, 0.25) is 0 Å². The highest BCUT2D eigenvalue weighted by atomic mass is 16.6. The molecular weight excluding hydrogens is 252 g/mol. The van der Waals surface area contributed by atoms with Gasteiger partial charge in [-0.2, -0.15) is 0 Å². The van der Waals surface area contributed by atoms with E-state index in [2.05, 4.69) is 45.1 Å². The Hall–Kier alpha value is -0.610. The Morgan fingerprint density at radius 2 is 2.10 bits per heavy atom. The summed E-state index contributed by atoms with van der Waals surface area (Å²) in [5.74, 6) is 2.18. The van der Waals surface area contributed by atoms with E-state index in [4.69, 9.17) is 4.84 Å². The molecule has 116 valence electrons. The zero-order valence-electron chi connectivity index (χ0n) is 13.5. The standard InChI is InChI=1S/C16H30N2O2/c1-10(2)17-8-12(19)9-20-18-15-7-14-13(6-11(15)3)16(14,4)5/h10-14,17,19H,6-9H2,1-5H3/b18-15-/t11-,12+,13+,14-/m1/s1. The molecule has 0 saturated heterocycles. The minimum atomic E-state index is -0.495. The van der Waals surface area contributed by atoms with E-state index >= 15 is 0 Å². The molecule has 4 heteroatoms. The molecule has 4 atom stereocenters. The van der Waals surface area contributed by atoms with Crippen molar-refractivity contribution in [2.75, 3.05) is 13.2 Å². The molecule has 0 unspecified atom stereocenters. The molecule has 2 rings (SSSR count). The van der Waals surface area contributed by atoms with E-state index in [0.29, 0.717) is 23.9 Å². The van der Waals surface area contributed by atoms with E-state index in [9.17, 15) is 5.11 Å². The maximum Gasteiger partial charge on any atom is 0.144 e. The highest BCUT2D eigenvalue weighted by Crippen LogP contribution is 2.65. The van der Waals surface area contributed by atoms with Crippen molar-refractivity contribution in [2.24, 2.45) is 28.3 Å². The number of nitrogens with one attached hydrogen (secondary N) is 1. The van der Waals surface area contributed by atoms with Crippen molar-refractivity contribution in [3.05, 3.63) is 0 Å². The minimum Gasteiger partial charge on any atom is -0.393 e. The molecule has 2 N–H and O–H groups in total. The first-order valence-corrected chi connectivity index (χ1v) is 7.92. The van der Waals surface area contributed by atoms with Crippen molar-refractivity contribution < 1.29 is 9.94 Å². The molecule has 0 aromatic heterocycles. The third-order valence-corrected chi connectivity index (χ3v) is 5.10. The average Bonchev–Trinajstić information content (AvgIpc) is 2.88. The van der Waals surface area contributed by atoms with Gasteiger partial charge in [-0.15, -0.1) is 0 Å². The van der Waals surface area contributed by atoms with Crippen LogP contribution in [0, 0.1) is 23.2 Å². The first-order valence-electron chi connectivity index (χ1n) is 7.92. The molecule has 2 fully saturated rings. The van der Waals surface area contributed by atoms with Gasteiger partial charge in [0.15, 0.2) is 0 Å². The molecule has 2 aliphatic rings. The minimum absolute atomic E-state index is 0.271. The molecule has 2 aliphatic carbocycles. The molecule has 2 saturated carbocycles. The van der Waals surface area contributed by atoms with Gasteiger partial charge >= 0.3 is 0 Å². The van der Waals surface area contributed by atoms with Gasteiger partial charge in [0.2, 0.25) is 0 Å². The van der Waals surface area contributed by atoms with Crippen LogP contribution in [-0.2, 0) is 4.84 Å². The molecule has 0 aromatic rings. The lowest BCUT2D eigenvalue weighted by molar-refractivity contribution is 0.0382. The summed E-state index contributed by atoms with van der Waals surface area (Å²) in [6.45, 7) is 11.9. The fourth-order valence-electron chi connectivity index (χ4n) is 3.44. The molecular formula is C16H30N2O2. The Bertz CT molecular complexity index is 365. The van der Waals surface area contributed by atoms with Crippen molar-refractivity contribution in [1.82, 2.24) is 5.32 Å². The lowest BCUT2D eigenvalue weighted by Gasteiger charge is -2.19. The van der Waals surface area contributed by atoms with E-state index in [1.807, 2.05) is 0 Å². The predicted octanol–water partition coefficient (Wildman–Crippen LogP) is 2.42. The molecule has 0 heterocycles. The van der Waals surface area contributed by atoms with E-state index < -0.39 is 6.10 Å². The van der Waals surface area contributed by atoms with Crippen LogP contribution in [-0.4, -0.2) is 36.1 Å². The number of aliphatic hydroxyl groups is 1. The van der Waals surface area contributed by atoms with Crippen LogP contribution < -0.4 is 5.32 Å².